The van der Waals surface area contributed by atoms with Crippen LogP contribution in [0.5, 0.6) is 0 Å². The monoisotopic (exact) mass is 377 g/mol. The maximum atomic E-state index is 13.0. The fourth-order valence-corrected chi connectivity index (χ4v) is 4.79. The molecule has 1 N–H and O–H groups in total. The van der Waals surface area contributed by atoms with E-state index in [9.17, 15) is 21.6 Å². The molecule has 2 aromatic rings. The van der Waals surface area contributed by atoms with Crippen LogP contribution in [-0.2, 0) is 16.2 Å². The van der Waals surface area contributed by atoms with Gasteiger partial charge in [-0.1, -0.05) is 12.1 Å². The van der Waals surface area contributed by atoms with E-state index >= 15 is 0 Å². The highest BCUT2D eigenvalue weighted by Crippen LogP contribution is 2.34. The lowest BCUT2D eigenvalue weighted by molar-refractivity contribution is -0.139. The molecule has 0 aliphatic carbocycles. The number of benzene rings is 1. The zero-order valence-electron chi connectivity index (χ0n) is 12.3. The molecular weight excluding hydrogens is 363 g/mol. The first-order valence-electron chi connectivity index (χ1n) is 7.10. The smallest absolute Gasteiger partial charge is 0.346 e. The van der Waals surface area contributed by atoms with Gasteiger partial charge >= 0.3 is 6.18 Å². The lowest BCUT2D eigenvalue weighted by atomic mass is 10.2. The number of anilines is 1. The summed E-state index contributed by atoms with van der Waals surface area (Å²) in [7, 11) is -4.26. The van der Waals surface area contributed by atoms with Crippen molar-refractivity contribution in [3.63, 3.8) is 0 Å². The Hall–Kier alpha value is -1.65. The van der Waals surface area contributed by atoms with E-state index in [1.807, 2.05) is 10.3 Å². The molecule has 1 unspecified atom stereocenters. The summed E-state index contributed by atoms with van der Waals surface area (Å²) < 4.78 is 66.3. The molecule has 24 heavy (non-hydrogen) atoms. The Morgan fingerprint density at radius 3 is 2.71 bits per heavy atom. The van der Waals surface area contributed by atoms with Crippen molar-refractivity contribution in [2.75, 3.05) is 18.0 Å². The minimum Gasteiger partial charge on any atom is -0.346 e. The second kappa shape index (κ2) is 6.34. The predicted molar refractivity (Wildman–Crippen MR) is 84.5 cm³/mol. The topological polar surface area (TPSA) is 62.3 Å². The third-order valence-electron chi connectivity index (χ3n) is 3.68. The maximum Gasteiger partial charge on any atom is 0.417 e. The van der Waals surface area contributed by atoms with E-state index in [0.29, 0.717) is 19.5 Å². The molecule has 1 aliphatic heterocycles. The Labute approximate surface area is 141 Å². The molecule has 0 radical (unpaired) electrons. The van der Waals surface area contributed by atoms with Crippen LogP contribution in [0.4, 0.5) is 18.3 Å². The number of alkyl halides is 3. The van der Waals surface area contributed by atoms with Gasteiger partial charge in [-0.25, -0.2) is 18.1 Å². The second-order valence-corrected chi connectivity index (χ2v) is 7.92. The number of nitrogens with zero attached hydrogens (tertiary/aromatic N) is 2. The second-order valence-electron chi connectivity index (χ2n) is 5.36. The van der Waals surface area contributed by atoms with Crippen molar-refractivity contribution in [1.29, 1.82) is 0 Å². The van der Waals surface area contributed by atoms with Crippen LogP contribution in [0.25, 0.3) is 0 Å². The van der Waals surface area contributed by atoms with Gasteiger partial charge in [-0.3, -0.25) is 0 Å². The third kappa shape index (κ3) is 3.55. The minimum atomic E-state index is -4.73. The minimum absolute atomic E-state index is 0.376. The highest BCUT2D eigenvalue weighted by molar-refractivity contribution is 7.89. The van der Waals surface area contributed by atoms with Crippen molar-refractivity contribution in [2.45, 2.75) is 23.5 Å². The zero-order valence-corrected chi connectivity index (χ0v) is 14.0. The molecule has 0 saturated carbocycles. The van der Waals surface area contributed by atoms with Gasteiger partial charge in [0.2, 0.25) is 10.0 Å². The number of thiazole rings is 1. The van der Waals surface area contributed by atoms with Gasteiger partial charge in [0.05, 0.1) is 10.5 Å². The average molecular weight is 377 g/mol. The summed E-state index contributed by atoms with van der Waals surface area (Å²) in [5.74, 6) is 0. The molecule has 0 spiro atoms. The van der Waals surface area contributed by atoms with E-state index < -0.39 is 32.7 Å². The number of nitrogens with one attached hydrogen (secondary N) is 1. The largest absolute Gasteiger partial charge is 0.417 e. The average Bonchev–Trinajstić information content (AvgIpc) is 3.17. The Balaban J connectivity index is 1.78. The van der Waals surface area contributed by atoms with Gasteiger partial charge in [0.25, 0.3) is 0 Å². The summed E-state index contributed by atoms with van der Waals surface area (Å²) >= 11 is 1.43. The predicted octanol–water partition coefficient (Wildman–Crippen LogP) is 2.72. The normalized spacial score (nSPS) is 19.0. The Morgan fingerprint density at radius 2 is 2.04 bits per heavy atom. The summed E-state index contributed by atoms with van der Waals surface area (Å²) in [5.41, 5.74) is -1.16. The van der Waals surface area contributed by atoms with Crippen LogP contribution in [0, 0.1) is 0 Å². The van der Waals surface area contributed by atoms with Crippen molar-refractivity contribution in [1.82, 2.24) is 9.71 Å². The lowest BCUT2D eigenvalue weighted by Gasteiger charge is -2.18. The molecule has 130 valence electrons. The van der Waals surface area contributed by atoms with E-state index in [-0.39, 0.29) is 0 Å². The van der Waals surface area contributed by atoms with E-state index in [2.05, 4.69) is 9.71 Å². The SMILES string of the molecule is O=S(=O)(NC1CCN(c2nccs2)C1)c1ccccc1C(F)(F)F. The zero-order chi connectivity index (χ0) is 17.4. The summed E-state index contributed by atoms with van der Waals surface area (Å²) in [6.45, 7) is 0.975. The van der Waals surface area contributed by atoms with Crippen molar-refractivity contribution in [3.8, 4) is 0 Å². The lowest BCUT2D eigenvalue weighted by Crippen LogP contribution is -2.37. The van der Waals surface area contributed by atoms with Crippen LogP contribution < -0.4 is 9.62 Å². The van der Waals surface area contributed by atoms with E-state index in [1.165, 1.54) is 23.5 Å². The summed E-state index contributed by atoms with van der Waals surface area (Å²) in [5, 5.41) is 2.58. The van der Waals surface area contributed by atoms with E-state index in [1.54, 1.807) is 6.20 Å². The molecule has 1 fully saturated rings. The highest BCUT2D eigenvalue weighted by Gasteiger charge is 2.38. The molecule has 1 aliphatic rings. The van der Waals surface area contributed by atoms with Crippen molar-refractivity contribution in [3.05, 3.63) is 41.4 Å². The molecule has 1 aromatic carbocycles. The molecule has 2 heterocycles. The maximum absolute atomic E-state index is 13.0. The summed E-state index contributed by atoms with van der Waals surface area (Å²) in [4.78, 5) is 5.32. The fourth-order valence-electron chi connectivity index (χ4n) is 2.62. The molecule has 3 rings (SSSR count). The van der Waals surface area contributed by atoms with Gasteiger partial charge in [-0.2, -0.15) is 13.2 Å². The van der Waals surface area contributed by atoms with Crippen LogP contribution in [0.15, 0.2) is 40.7 Å². The number of aromatic nitrogens is 1. The molecular formula is C14H14F3N3O2S2. The van der Waals surface area contributed by atoms with Gasteiger partial charge in [0, 0.05) is 30.7 Å². The summed E-state index contributed by atoms with van der Waals surface area (Å²) in [6, 6.07) is 3.73. The number of sulfonamides is 1. The van der Waals surface area contributed by atoms with Crippen LogP contribution in [0.1, 0.15) is 12.0 Å². The Morgan fingerprint density at radius 1 is 1.29 bits per heavy atom. The van der Waals surface area contributed by atoms with E-state index in [4.69, 9.17) is 0 Å². The first kappa shape index (κ1) is 17.2. The molecule has 0 amide bonds. The number of rotatable bonds is 4. The van der Waals surface area contributed by atoms with Crippen LogP contribution in [-0.4, -0.2) is 32.5 Å². The van der Waals surface area contributed by atoms with Gasteiger partial charge in [0.15, 0.2) is 5.13 Å². The van der Waals surface area contributed by atoms with Crippen LogP contribution in [0.3, 0.4) is 0 Å². The van der Waals surface area contributed by atoms with Gasteiger partial charge in [-0.15, -0.1) is 11.3 Å². The standard InChI is InChI=1S/C14H14F3N3O2S2/c15-14(16,17)11-3-1-2-4-12(11)24(21,22)19-10-5-7-20(9-10)13-18-6-8-23-13/h1-4,6,8,10,19H,5,7,9H2. The molecule has 1 saturated heterocycles. The molecule has 5 nitrogen and oxygen atoms in total. The number of halogens is 3. The molecule has 0 bridgehead atoms. The fraction of sp³-hybridized carbons (Fsp3) is 0.357. The van der Waals surface area contributed by atoms with Crippen molar-refractivity contribution < 1.29 is 21.6 Å². The Kier molecular flexibility index (Phi) is 4.54. The first-order valence-corrected chi connectivity index (χ1v) is 9.46. The first-order chi connectivity index (χ1) is 11.3. The van der Waals surface area contributed by atoms with Crippen LogP contribution >= 0.6 is 11.3 Å². The summed E-state index contributed by atoms with van der Waals surface area (Å²) in [6.07, 6.45) is -2.57. The van der Waals surface area contributed by atoms with Crippen molar-refractivity contribution >= 4 is 26.5 Å². The highest BCUT2D eigenvalue weighted by atomic mass is 32.2. The number of hydrogen-bond acceptors (Lipinski definition) is 5. The van der Waals surface area contributed by atoms with E-state index in [0.717, 1.165) is 17.3 Å². The molecule has 1 atom stereocenters. The van der Waals surface area contributed by atoms with Gasteiger partial charge in [-0.05, 0) is 18.6 Å². The van der Waals surface area contributed by atoms with Gasteiger partial charge < -0.3 is 4.90 Å². The third-order valence-corrected chi connectivity index (χ3v) is 6.09. The van der Waals surface area contributed by atoms with Crippen LogP contribution in [0.2, 0.25) is 0 Å². The molecule has 10 heteroatoms. The Bertz CT molecular complexity index is 807. The van der Waals surface area contributed by atoms with Gasteiger partial charge in [0.1, 0.15) is 0 Å². The number of hydrogen-bond donors (Lipinski definition) is 1. The van der Waals surface area contributed by atoms with Crippen molar-refractivity contribution in [2.24, 2.45) is 0 Å². The quantitative estimate of drug-likeness (QED) is 0.890. The molecule has 1 aromatic heterocycles.